The Kier molecular flexibility index (Phi) is 9.55. The van der Waals surface area contributed by atoms with Crippen molar-refractivity contribution in [3.05, 3.63) is 99.6 Å². The molecule has 4 aliphatic heterocycles. The molecule has 64 heavy (non-hydrogen) atoms. The molecule has 5 aromatic carbocycles. The second kappa shape index (κ2) is 14.7. The first-order valence-corrected chi connectivity index (χ1v) is 24.9. The second-order valence-electron chi connectivity index (χ2n) is 20.9. The van der Waals surface area contributed by atoms with E-state index in [9.17, 15) is 0 Å². The minimum atomic E-state index is -0.0290. The van der Waals surface area contributed by atoms with Crippen LogP contribution in [0.3, 0.4) is 0 Å². The van der Waals surface area contributed by atoms with E-state index in [4.69, 9.17) is 18.9 Å². The summed E-state index contributed by atoms with van der Waals surface area (Å²) in [5, 5.41) is 5.23. The van der Waals surface area contributed by atoms with Crippen molar-refractivity contribution in [2.45, 2.75) is 113 Å². The van der Waals surface area contributed by atoms with Gasteiger partial charge in [0.25, 0.3) is 6.71 Å². The maximum Gasteiger partial charge on any atom is 0.256 e. The van der Waals surface area contributed by atoms with Gasteiger partial charge in [0, 0.05) is 44.7 Å². The van der Waals surface area contributed by atoms with E-state index in [1.165, 1.54) is 97.1 Å². The SMILES string of the molecule is Cc1cc2c(c(C)c1N1c3cc(C(C)C)cc4c3B(c3c1sc1ccc(C(C)(C)C)cc31)c1c(sc3ccc(C(C)(C)C)cc13)N4c1c(C)cc3c(c1C)OCCCO3)OCCCO2. The number of rotatable bonds is 3. The standard InChI is InChI=1S/C55H59BN2O4S2/c1-29(2)34-25-39-47-40(26-34)58(49-31(4)24-42-51(33(49)6)62-22-14-20-60-42)53-46(38-28-36(55(10,11)12)16-18-44(38)64-53)56(47)45-37-27-35(54(7,8)9)15-17-43(37)63-52(45)57(39)48-30(3)23-41-50(32(48)5)61-21-13-19-59-41/h15-18,23-29H,13-14,19-22H2,1-12H3. The van der Waals surface area contributed by atoms with Gasteiger partial charge in [-0.25, -0.2) is 0 Å². The summed E-state index contributed by atoms with van der Waals surface area (Å²) in [5.74, 6) is 3.66. The van der Waals surface area contributed by atoms with Gasteiger partial charge < -0.3 is 28.7 Å². The molecule has 0 fully saturated rings. The fraction of sp³-hybridized carbons (Fsp3) is 0.382. The van der Waals surface area contributed by atoms with E-state index in [-0.39, 0.29) is 23.5 Å². The minimum Gasteiger partial charge on any atom is -0.490 e. The average Bonchev–Trinajstić information content (AvgIpc) is 3.58. The van der Waals surface area contributed by atoms with Crippen LogP contribution in [0.5, 0.6) is 23.0 Å². The maximum atomic E-state index is 6.59. The molecule has 328 valence electrons. The third kappa shape index (κ3) is 6.23. The molecule has 9 heteroatoms. The van der Waals surface area contributed by atoms with E-state index in [1.807, 2.05) is 22.7 Å². The molecular formula is C55H59BN2O4S2. The Morgan fingerprint density at radius 1 is 0.547 bits per heavy atom. The summed E-state index contributed by atoms with van der Waals surface area (Å²) in [7, 11) is 0. The van der Waals surface area contributed by atoms with Gasteiger partial charge in [0.15, 0.2) is 23.0 Å². The molecule has 0 aliphatic carbocycles. The van der Waals surface area contributed by atoms with Crippen LogP contribution in [0.4, 0.5) is 32.8 Å². The van der Waals surface area contributed by atoms with Crippen molar-refractivity contribution in [1.82, 2.24) is 0 Å². The second-order valence-corrected chi connectivity index (χ2v) is 22.9. The van der Waals surface area contributed by atoms with Gasteiger partial charge >= 0.3 is 0 Å². The average molecular weight is 887 g/mol. The number of thiophene rings is 2. The van der Waals surface area contributed by atoms with Crippen LogP contribution in [0.25, 0.3) is 20.2 Å². The minimum absolute atomic E-state index is 0.0223. The normalized spacial score (nSPS) is 15.7. The van der Waals surface area contributed by atoms with Gasteiger partial charge in [-0.1, -0.05) is 79.7 Å². The first-order valence-electron chi connectivity index (χ1n) is 23.2. The predicted octanol–water partition coefficient (Wildman–Crippen LogP) is 13.5. The number of hydrogen-bond acceptors (Lipinski definition) is 8. The fourth-order valence-electron chi connectivity index (χ4n) is 10.7. The molecule has 0 amide bonds. The van der Waals surface area contributed by atoms with E-state index in [1.54, 1.807) is 0 Å². The highest BCUT2D eigenvalue weighted by Gasteiger charge is 2.48. The lowest BCUT2D eigenvalue weighted by Crippen LogP contribution is -2.60. The van der Waals surface area contributed by atoms with Crippen molar-refractivity contribution in [3.8, 4) is 23.0 Å². The van der Waals surface area contributed by atoms with Crippen LogP contribution in [0.2, 0.25) is 0 Å². The lowest BCUT2D eigenvalue weighted by Gasteiger charge is -2.44. The van der Waals surface area contributed by atoms with E-state index in [0.717, 1.165) is 47.0 Å². The number of aryl methyl sites for hydroxylation is 2. The topological polar surface area (TPSA) is 43.4 Å². The smallest absolute Gasteiger partial charge is 0.256 e. The van der Waals surface area contributed by atoms with E-state index in [2.05, 4.69) is 154 Å². The van der Waals surface area contributed by atoms with Crippen LogP contribution >= 0.6 is 22.7 Å². The molecule has 0 saturated carbocycles. The first-order chi connectivity index (χ1) is 30.5. The van der Waals surface area contributed by atoms with Crippen LogP contribution in [0.15, 0.2) is 60.7 Å². The van der Waals surface area contributed by atoms with E-state index < -0.39 is 0 Å². The van der Waals surface area contributed by atoms with Crippen molar-refractivity contribution in [1.29, 1.82) is 0 Å². The first kappa shape index (κ1) is 41.6. The molecule has 4 aliphatic rings. The number of hydrogen-bond donors (Lipinski definition) is 0. The summed E-state index contributed by atoms with van der Waals surface area (Å²) in [6, 6.07) is 24.0. The number of fused-ring (bicyclic) bond motifs is 10. The van der Waals surface area contributed by atoms with Gasteiger partial charge in [-0.3, -0.25) is 0 Å². The van der Waals surface area contributed by atoms with Crippen molar-refractivity contribution in [2.75, 3.05) is 36.2 Å². The number of benzene rings is 5. The summed E-state index contributed by atoms with van der Waals surface area (Å²) in [5.41, 5.74) is 17.4. The Balaban J connectivity index is 1.32. The zero-order chi connectivity index (χ0) is 44.7. The largest absolute Gasteiger partial charge is 0.490 e. The van der Waals surface area contributed by atoms with Crippen molar-refractivity contribution < 1.29 is 18.9 Å². The third-order valence-corrected chi connectivity index (χ3v) is 16.4. The maximum absolute atomic E-state index is 6.59. The van der Waals surface area contributed by atoms with Crippen molar-refractivity contribution in [3.63, 3.8) is 0 Å². The Morgan fingerprint density at radius 2 is 0.969 bits per heavy atom. The van der Waals surface area contributed by atoms with Gasteiger partial charge in [0.2, 0.25) is 0 Å². The highest BCUT2D eigenvalue weighted by molar-refractivity contribution is 7.29. The number of anilines is 6. The van der Waals surface area contributed by atoms with Crippen LogP contribution in [-0.4, -0.2) is 33.1 Å². The Labute approximate surface area is 387 Å². The third-order valence-electron chi connectivity index (χ3n) is 14.0. The molecule has 0 unspecified atom stereocenters. The highest BCUT2D eigenvalue weighted by atomic mass is 32.1. The zero-order valence-electron chi connectivity index (χ0n) is 39.5. The summed E-state index contributed by atoms with van der Waals surface area (Å²) in [6.07, 6.45) is 1.72. The predicted molar refractivity (Wildman–Crippen MR) is 273 cm³/mol. The Hall–Kier alpha value is -5.12. The molecule has 0 radical (unpaired) electrons. The molecule has 6 heterocycles. The monoisotopic (exact) mass is 886 g/mol. The van der Waals surface area contributed by atoms with Gasteiger partial charge in [-0.05, 0) is 136 Å². The fourth-order valence-corrected chi connectivity index (χ4v) is 13.2. The number of nitrogens with zero attached hydrogens (tertiary/aromatic N) is 2. The van der Waals surface area contributed by atoms with Crippen molar-refractivity contribution in [2.24, 2.45) is 0 Å². The van der Waals surface area contributed by atoms with Crippen LogP contribution in [-0.2, 0) is 10.8 Å². The van der Waals surface area contributed by atoms with Crippen molar-refractivity contribution >= 4 is 98.7 Å². The molecule has 7 aromatic rings. The van der Waals surface area contributed by atoms with E-state index >= 15 is 0 Å². The quantitative estimate of drug-likeness (QED) is 0.165. The van der Waals surface area contributed by atoms with Crippen LogP contribution in [0.1, 0.15) is 113 Å². The molecule has 6 nitrogen and oxygen atoms in total. The van der Waals surface area contributed by atoms with Gasteiger partial charge in [0.05, 0.1) is 47.8 Å². The molecule has 0 N–H and O–H groups in total. The molecule has 0 atom stereocenters. The van der Waals surface area contributed by atoms with Gasteiger partial charge in [-0.2, -0.15) is 0 Å². The summed E-state index contributed by atoms with van der Waals surface area (Å²) in [4.78, 5) is 5.26. The van der Waals surface area contributed by atoms with Gasteiger partial charge in [0.1, 0.15) is 0 Å². The Bertz CT molecular complexity index is 2890. The lowest BCUT2D eigenvalue weighted by atomic mass is 9.33. The summed E-state index contributed by atoms with van der Waals surface area (Å²) >= 11 is 3.86. The zero-order valence-corrected chi connectivity index (χ0v) is 41.1. The summed E-state index contributed by atoms with van der Waals surface area (Å²) in [6.45, 7) is 30.2. The molecule has 11 rings (SSSR count). The summed E-state index contributed by atoms with van der Waals surface area (Å²) < 4.78 is 28.5. The molecular weight excluding hydrogens is 828 g/mol. The Morgan fingerprint density at radius 3 is 1.38 bits per heavy atom. The van der Waals surface area contributed by atoms with Crippen LogP contribution < -0.4 is 45.1 Å². The molecule has 0 spiro atoms. The lowest BCUT2D eigenvalue weighted by molar-refractivity contribution is 0.296. The van der Waals surface area contributed by atoms with Gasteiger partial charge in [-0.15, -0.1) is 22.7 Å². The molecule has 0 bridgehead atoms. The highest BCUT2D eigenvalue weighted by Crippen LogP contribution is 2.56. The van der Waals surface area contributed by atoms with Crippen LogP contribution in [0, 0.1) is 27.7 Å². The van der Waals surface area contributed by atoms with E-state index in [0.29, 0.717) is 26.4 Å². The molecule has 2 aromatic heterocycles. The molecule has 0 saturated heterocycles. The number of ether oxygens (including phenoxy) is 4.